The van der Waals surface area contributed by atoms with Crippen molar-refractivity contribution in [1.29, 1.82) is 0 Å². The second-order valence-corrected chi connectivity index (χ2v) is 7.76. The summed E-state index contributed by atoms with van der Waals surface area (Å²) in [7, 11) is 0. The van der Waals surface area contributed by atoms with Gasteiger partial charge in [0, 0.05) is 29.1 Å². The first-order valence-electron chi connectivity index (χ1n) is 9.50. The highest BCUT2D eigenvalue weighted by molar-refractivity contribution is 5.90. The van der Waals surface area contributed by atoms with E-state index in [1.165, 1.54) is 12.0 Å². The lowest BCUT2D eigenvalue weighted by molar-refractivity contribution is -0.157. The topological polar surface area (TPSA) is 65.6 Å². The number of hydrogen-bond donors (Lipinski definition) is 2. The van der Waals surface area contributed by atoms with Gasteiger partial charge in [-0.1, -0.05) is 6.42 Å². The van der Waals surface area contributed by atoms with Crippen LogP contribution in [0.2, 0.25) is 0 Å². The molecule has 25 heavy (non-hydrogen) atoms. The van der Waals surface area contributed by atoms with Crippen LogP contribution in [-0.2, 0) is 9.53 Å². The lowest BCUT2D eigenvalue weighted by atomic mass is 9.90. The standard InChI is InChI=1S/C20H24N2O3/c23-13-6-7-16-15(10-13)17-12-8-9-22(11-12)19(18(17)21-16)20(24)25-14-4-2-1-3-5-14/h6-7,10,12,14,19,21,23H,1-5,8-9,11H2. The molecule has 1 aromatic heterocycles. The van der Waals surface area contributed by atoms with Gasteiger partial charge >= 0.3 is 5.97 Å². The fourth-order valence-corrected chi connectivity index (χ4v) is 5.00. The molecule has 5 nitrogen and oxygen atoms in total. The zero-order valence-electron chi connectivity index (χ0n) is 14.3. The van der Waals surface area contributed by atoms with E-state index < -0.39 is 0 Å². The summed E-state index contributed by atoms with van der Waals surface area (Å²) in [4.78, 5) is 18.7. The quantitative estimate of drug-likeness (QED) is 0.820. The first-order chi connectivity index (χ1) is 12.2. The van der Waals surface area contributed by atoms with Crippen LogP contribution < -0.4 is 0 Å². The zero-order valence-corrected chi connectivity index (χ0v) is 14.3. The lowest BCUT2D eigenvalue weighted by Crippen LogP contribution is -2.38. The van der Waals surface area contributed by atoms with Crippen molar-refractivity contribution in [3.8, 4) is 5.75 Å². The summed E-state index contributed by atoms with van der Waals surface area (Å²) in [6.07, 6.45) is 6.70. The lowest BCUT2D eigenvalue weighted by Gasteiger charge is -2.32. The van der Waals surface area contributed by atoms with E-state index in [9.17, 15) is 9.90 Å². The number of aromatic hydroxyl groups is 1. The normalized spacial score (nSPS) is 28.9. The predicted molar refractivity (Wildman–Crippen MR) is 94.6 cm³/mol. The number of aromatic nitrogens is 1. The fourth-order valence-electron chi connectivity index (χ4n) is 5.00. The Morgan fingerprint density at radius 2 is 2.04 bits per heavy atom. The molecular formula is C20H24N2O3. The van der Waals surface area contributed by atoms with Crippen molar-refractivity contribution in [1.82, 2.24) is 9.88 Å². The van der Waals surface area contributed by atoms with Crippen LogP contribution >= 0.6 is 0 Å². The van der Waals surface area contributed by atoms with Crippen LogP contribution in [0.15, 0.2) is 18.2 Å². The molecule has 3 unspecified atom stereocenters. The Kier molecular flexibility index (Phi) is 3.52. The molecule has 2 aromatic rings. The number of phenolic OH excluding ortho intramolecular Hbond substituents is 1. The average molecular weight is 340 g/mol. The Hall–Kier alpha value is -2.01. The van der Waals surface area contributed by atoms with Gasteiger partial charge in [0.1, 0.15) is 17.9 Å². The van der Waals surface area contributed by atoms with Gasteiger partial charge in [-0.05, 0) is 62.4 Å². The number of hydrogen-bond acceptors (Lipinski definition) is 4. The van der Waals surface area contributed by atoms with Gasteiger partial charge in [-0.25, -0.2) is 4.79 Å². The van der Waals surface area contributed by atoms with E-state index in [1.54, 1.807) is 6.07 Å². The van der Waals surface area contributed by atoms with Gasteiger partial charge in [0.2, 0.25) is 0 Å². The molecule has 3 atom stereocenters. The van der Waals surface area contributed by atoms with E-state index in [-0.39, 0.29) is 23.9 Å². The van der Waals surface area contributed by atoms with Crippen molar-refractivity contribution in [2.75, 3.05) is 13.1 Å². The molecule has 1 aliphatic carbocycles. The highest BCUT2D eigenvalue weighted by atomic mass is 16.5. The van der Waals surface area contributed by atoms with Gasteiger partial charge in [0.25, 0.3) is 0 Å². The minimum Gasteiger partial charge on any atom is -0.508 e. The van der Waals surface area contributed by atoms with Crippen molar-refractivity contribution in [2.45, 2.75) is 56.6 Å². The number of nitrogens with zero attached hydrogens (tertiary/aromatic N) is 1. The third-order valence-electron chi connectivity index (χ3n) is 6.18. The summed E-state index contributed by atoms with van der Waals surface area (Å²) < 4.78 is 5.91. The van der Waals surface area contributed by atoms with Gasteiger partial charge in [0.15, 0.2) is 0 Å². The van der Waals surface area contributed by atoms with E-state index in [1.807, 2.05) is 12.1 Å². The number of esters is 1. The maximum absolute atomic E-state index is 13.0. The Bertz CT molecular complexity index is 822. The molecule has 2 aliphatic heterocycles. The number of benzene rings is 1. The van der Waals surface area contributed by atoms with Gasteiger partial charge in [-0.2, -0.15) is 0 Å². The Labute approximate surface area is 147 Å². The summed E-state index contributed by atoms with van der Waals surface area (Å²) in [6, 6.07) is 5.08. The molecule has 132 valence electrons. The molecule has 3 heterocycles. The van der Waals surface area contributed by atoms with Gasteiger partial charge in [-0.3, -0.25) is 4.90 Å². The van der Waals surface area contributed by atoms with Crippen LogP contribution in [0.3, 0.4) is 0 Å². The number of carbonyl (C=O) groups excluding carboxylic acids is 1. The molecule has 3 aliphatic rings. The summed E-state index contributed by atoms with van der Waals surface area (Å²) in [5, 5.41) is 10.9. The molecule has 0 radical (unpaired) electrons. The molecular weight excluding hydrogens is 316 g/mol. The number of carbonyl (C=O) groups is 1. The molecule has 2 bridgehead atoms. The maximum Gasteiger partial charge on any atom is 0.329 e. The maximum atomic E-state index is 13.0. The third-order valence-corrected chi connectivity index (χ3v) is 6.18. The Morgan fingerprint density at radius 3 is 2.88 bits per heavy atom. The minimum atomic E-state index is -0.329. The average Bonchev–Trinajstić information content (AvgIpc) is 3.18. The molecule has 1 saturated carbocycles. The molecule has 5 heteroatoms. The Morgan fingerprint density at radius 1 is 1.20 bits per heavy atom. The molecule has 0 spiro atoms. The largest absolute Gasteiger partial charge is 0.508 e. The van der Waals surface area contributed by atoms with Crippen molar-refractivity contribution < 1.29 is 14.6 Å². The predicted octanol–water partition coefficient (Wildman–Crippen LogP) is 3.59. The molecule has 1 saturated heterocycles. The summed E-state index contributed by atoms with van der Waals surface area (Å²) in [6.45, 7) is 1.83. The highest BCUT2D eigenvalue weighted by Gasteiger charge is 2.44. The van der Waals surface area contributed by atoms with Crippen molar-refractivity contribution >= 4 is 16.9 Å². The molecule has 1 aromatic carbocycles. The van der Waals surface area contributed by atoms with Crippen LogP contribution in [0.1, 0.15) is 61.7 Å². The van der Waals surface area contributed by atoms with E-state index in [2.05, 4.69) is 9.88 Å². The molecule has 5 rings (SSSR count). The van der Waals surface area contributed by atoms with E-state index >= 15 is 0 Å². The third kappa shape index (κ3) is 2.44. The van der Waals surface area contributed by atoms with Crippen molar-refractivity contribution in [3.63, 3.8) is 0 Å². The first kappa shape index (κ1) is 15.3. The smallest absolute Gasteiger partial charge is 0.329 e. The first-order valence-corrected chi connectivity index (χ1v) is 9.50. The number of phenols is 1. The number of H-pyrrole nitrogens is 1. The fraction of sp³-hybridized carbons (Fsp3) is 0.550. The Balaban J connectivity index is 1.53. The van der Waals surface area contributed by atoms with E-state index in [4.69, 9.17) is 4.74 Å². The zero-order chi connectivity index (χ0) is 17.0. The summed E-state index contributed by atoms with van der Waals surface area (Å²) in [5.41, 5.74) is 3.19. The monoisotopic (exact) mass is 340 g/mol. The van der Waals surface area contributed by atoms with Crippen LogP contribution in [0, 0.1) is 0 Å². The summed E-state index contributed by atoms with van der Waals surface area (Å²) in [5.74, 6) is 0.601. The van der Waals surface area contributed by atoms with Gasteiger partial charge in [0.05, 0.1) is 0 Å². The minimum absolute atomic E-state index is 0.0819. The highest BCUT2D eigenvalue weighted by Crippen LogP contribution is 2.46. The summed E-state index contributed by atoms with van der Waals surface area (Å²) >= 11 is 0. The van der Waals surface area contributed by atoms with E-state index in [0.717, 1.165) is 61.8 Å². The number of aromatic amines is 1. The van der Waals surface area contributed by atoms with Crippen LogP contribution in [0.4, 0.5) is 0 Å². The molecule has 2 N–H and O–H groups in total. The number of ether oxygens (including phenoxy) is 1. The SMILES string of the molecule is O=C(OC1CCCCC1)C1c2[nH]c3ccc(O)cc3c2C2CCN1C2. The number of nitrogens with one attached hydrogen (secondary N) is 1. The second-order valence-electron chi connectivity index (χ2n) is 7.76. The second kappa shape index (κ2) is 5.77. The van der Waals surface area contributed by atoms with Crippen molar-refractivity contribution in [2.24, 2.45) is 0 Å². The van der Waals surface area contributed by atoms with Crippen molar-refractivity contribution in [3.05, 3.63) is 29.5 Å². The molecule has 0 amide bonds. The van der Waals surface area contributed by atoms with Crippen LogP contribution in [0.25, 0.3) is 10.9 Å². The van der Waals surface area contributed by atoms with E-state index in [0.29, 0.717) is 5.92 Å². The molecule has 2 fully saturated rings. The number of rotatable bonds is 2. The van der Waals surface area contributed by atoms with Crippen LogP contribution in [-0.4, -0.2) is 40.2 Å². The van der Waals surface area contributed by atoms with Gasteiger partial charge < -0.3 is 14.8 Å². The van der Waals surface area contributed by atoms with Crippen LogP contribution in [0.5, 0.6) is 5.75 Å². The van der Waals surface area contributed by atoms with Gasteiger partial charge in [-0.15, -0.1) is 0 Å². The number of fused-ring (bicyclic) bond motifs is 6.